The van der Waals surface area contributed by atoms with Crippen LogP contribution in [0.1, 0.15) is 72.6 Å². The maximum Gasteiger partial charge on any atom is 0.0224 e. The molecule has 1 saturated carbocycles. The van der Waals surface area contributed by atoms with Gasteiger partial charge in [0, 0.05) is 31.7 Å². The second-order valence-corrected chi connectivity index (χ2v) is 7.97. The van der Waals surface area contributed by atoms with Crippen LogP contribution in [-0.4, -0.2) is 36.6 Å². The lowest BCUT2D eigenvalue weighted by atomic mass is 9.85. The topological polar surface area (TPSA) is 15.3 Å². The van der Waals surface area contributed by atoms with E-state index in [0.717, 1.165) is 18.0 Å². The van der Waals surface area contributed by atoms with Gasteiger partial charge in [0.15, 0.2) is 0 Å². The Bertz CT molecular complexity index is 283. The summed E-state index contributed by atoms with van der Waals surface area (Å²) in [5, 5.41) is 3.81. The van der Waals surface area contributed by atoms with Crippen molar-refractivity contribution in [2.24, 2.45) is 11.3 Å². The third kappa shape index (κ3) is 4.73. The molecule has 0 bridgehead atoms. The molecule has 1 N–H and O–H groups in total. The molecule has 0 amide bonds. The molecule has 0 aromatic rings. The van der Waals surface area contributed by atoms with E-state index >= 15 is 0 Å². The Kier molecular flexibility index (Phi) is 5.92. The fourth-order valence-electron chi connectivity index (χ4n) is 3.78. The van der Waals surface area contributed by atoms with E-state index in [-0.39, 0.29) is 0 Å². The quantitative estimate of drug-likeness (QED) is 0.675. The molecular formula is C18H36N2. The van der Waals surface area contributed by atoms with Crippen LogP contribution in [0.2, 0.25) is 0 Å². The zero-order chi connectivity index (χ0) is 14.6. The second-order valence-electron chi connectivity index (χ2n) is 7.97. The van der Waals surface area contributed by atoms with Gasteiger partial charge in [-0.05, 0) is 37.0 Å². The molecule has 1 saturated heterocycles. The minimum atomic E-state index is 0.480. The first kappa shape index (κ1) is 16.3. The molecule has 1 aliphatic carbocycles. The summed E-state index contributed by atoms with van der Waals surface area (Å²) in [7, 11) is 0. The molecule has 1 aliphatic heterocycles. The summed E-state index contributed by atoms with van der Waals surface area (Å²) in [6, 6.07) is 1.54. The second kappa shape index (κ2) is 7.26. The summed E-state index contributed by atoms with van der Waals surface area (Å²) in [5.74, 6) is 0.985. The highest BCUT2D eigenvalue weighted by molar-refractivity contribution is 4.95. The smallest absolute Gasteiger partial charge is 0.0224 e. The molecule has 118 valence electrons. The van der Waals surface area contributed by atoms with Gasteiger partial charge in [-0.1, -0.05) is 47.0 Å². The van der Waals surface area contributed by atoms with Gasteiger partial charge in [0.05, 0.1) is 0 Å². The zero-order valence-corrected chi connectivity index (χ0v) is 14.3. The fraction of sp³-hybridized carbons (Fsp3) is 1.00. The van der Waals surface area contributed by atoms with Crippen LogP contribution in [0.4, 0.5) is 0 Å². The van der Waals surface area contributed by atoms with Gasteiger partial charge in [-0.2, -0.15) is 0 Å². The third-order valence-corrected chi connectivity index (χ3v) is 5.31. The number of unbranched alkanes of at least 4 members (excludes halogenated alkanes) is 2. The van der Waals surface area contributed by atoms with Crippen molar-refractivity contribution in [3.05, 3.63) is 0 Å². The van der Waals surface area contributed by atoms with Gasteiger partial charge in [-0.25, -0.2) is 0 Å². The summed E-state index contributed by atoms with van der Waals surface area (Å²) in [4.78, 5) is 2.81. The van der Waals surface area contributed by atoms with Crippen molar-refractivity contribution in [2.45, 2.75) is 84.7 Å². The Morgan fingerprint density at radius 2 is 1.90 bits per heavy atom. The largest absolute Gasteiger partial charge is 0.311 e. The molecule has 0 radical (unpaired) electrons. The Labute approximate surface area is 126 Å². The fourth-order valence-corrected chi connectivity index (χ4v) is 3.78. The predicted octanol–water partition coefficient (Wildman–Crippen LogP) is 4.06. The maximum atomic E-state index is 3.81. The van der Waals surface area contributed by atoms with Crippen LogP contribution in [0.25, 0.3) is 0 Å². The predicted molar refractivity (Wildman–Crippen MR) is 88.1 cm³/mol. The Morgan fingerprint density at radius 3 is 2.50 bits per heavy atom. The summed E-state index contributed by atoms with van der Waals surface area (Å²) < 4.78 is 0. The molecule has 2 fully saturated rings. The highest BCUT2D eigenvalue weighted by Gasteiger charge is 2.38. The summed E-state index contributed by atoms with van der Waals surface area (Å²) in [5.41, 5.74) is 0.480. The summed E-state index contributed by atoms with van der Waals surface area (Å²) >= 11 is 0. The van der Waals surface area contributed by atoms with Crippen LogP contribution in [-0.2, 0) is 0 Å². The molecule has 2 aliphatic rings. The first-order valence-corrected chi connectivity index (χ1v) is 9.03. The number of hydrogen-bond donors (Lipinski definition) is 1. The normalized spacial score (nSPS) is 28.8. The van der Waals surface area contributed by atoms with E-state index in [9.17, 15) is 0 Å². The maximum absolute atomic E-state index is 3.81. The lowest BCUT2D eigenvalue weighted by Gasteiger charge is -2.44. The van der Waals surface area contributed by atoms with E-state index in [4.69, 9.17) is 0 Å². The van der Waals surface area contributed by atoms with Gasteiger partial charge in [-0.3, -0.25) is 4.90 Å². The molecule has 0 spiro atoms. The first-order chi connectivity index (χ1) is 9.55. The van der Waals surface area contributed by atoms with Crippen molar-refractivity contribution >= 4 is 0 Å². The highest BCUT2D eigenvalue weighted by atomic mass is 15.2. The number of piperazine rings is 1. The molecule has 20 heavy (non-hydrogen) atoms. The van der Waals surface area contributed by atoms with Crippen LogP contribution < -0.4 is 5.32 Å². The van der Waals surface area contributed by atoms with Crippen molar-refractivity contribution in [3.8, 4) is 0 Å². The van der Waals surface area contributed by atoms with Gasteiger partial charge in [0.1, 0.15) is 0 Å². The van der Waals surface area contributed by atoms with Gasteiger partial charge in [0.2, 0.25) is 0 Å². The molecule has 0 aromatic heterocycles. The minimum Gasteiger partial charge on any atom is -0.311 e. The standard InChI is InChI=1S/C18H36N2/c1-5-7-8-11-18(3,4)14-20-13-17(15-9-10-15)19-12-16(20)6-2/h15-17,19H,5-14H2,1-4H3. The van der Waals surface area contributed by atoms with Gasteiger partial charge >= 0.3 is 0 Å². The van der Waals surface area contributed by atoms with Crippen LogP contribution in [0.3, 0.4) is 0 Å². The summed E-state index contributed by atoms with van der Waals surface area (Å²) in [6.45, 7) is 13.4. The van der Waals surface area contributed by atoms with Crippen molar-refractivity contribution in [1.82, 2.24) is 10.2 Å². The molecule has 0 aromatic carbocycles. The van der Waals surface area contributed by atoms with Crippen LogP contribution in [0, 0.1) is 11.3 Å². The number of nitrogens with one attached hydrogen (secondary N) is 1. The number of hydrogen-bond acceptors (Lipinski definition) is 2. The van der Waals surface area contributed by atoms with Crippen LogP contribution >= 0.6 is 0 Å². The van der Waals surface area contributed by atoms with E-state index in [2.05, 4.69) is 37.9 Å². The van der Waals surface area contributed by atoms with Crippen molar-refractivity contribution < 1.29 is 0 Å². The van der Waals surface area contributed by atoms with Crippen LogP contribution in [0.5, 0.6) is 0 Å². The zero-order valence-electron chi connectivity index (χ0n) is 14.3. The molecule has 2 rings (SSSR count). The monoisotopic (exact) mass is 280 g/mol. The number of nitrogens with zero attached hydrogens (tertiary/aromatic N) is 1. The van der Waals surface area contributed by atoms with Gasteiger partial charge < -0.3 is 5.32 Å². The van der Waals surface area contributed by atoms with Crippen molar-refractivity contribution in [1.29, 1.82) is 0 Å². The Balaban J connectivity index is 1.85. The van der Waals surface area contributed by atoms with Crippen molar-refractivity contribution in [2.75, 3.05) is 19.6 Å². The van der Waals surface area contributed by atoms with E-state index < -0.39 is 0 Å². The number of rotatable bonds is 8. The van der Waals surface area contributed by atoms with E-state index in [0.29, 0.717) is 5.41 Å². The lowest BCUT2D eigenvalue weighted by Crippen LogP contribution is -2.58. The Hall–Kier alpha value is -0.0800. The van der Waals surface area contributed by atoms with Crippen LogP contribution in [0.15, 0.2) is 0 Å². The third-order valence-electron chi connectivity index (χ3n) is 5.31. The SMILES string of the molecule is CCCCCC(C)(C)CN1CC(C2CC2)NCC1CC. The molecule has 2 atom stereocenters. The average Bonchev–Trinajstić information content (AvgIpc) is 3.22. The molecule has 2 nitrogen and oxygen atoms in total. The molecule has 2 heteroatoms. The average molecular weight is 280 g/mol. The molecular weight excluding hydrogens is 244 g/mol. The van der Waals surface area contributed by atoms with Gasteiger partial charge in [-0.15, -0.1) is 0 Å². The van der Waals surface area contributed by atoms with Gasteiger partial charge in [0.25, 0.3) is 0 Å². The minimum absolute atomic E-state index is 0.480. The lowest BCUT2D eigenvalue weighted by molar-refractivity contribution is 0.0723. The van der Waals surface area contributed by atoms with Crippen molar-refractivity contribution in [3.63, 3.8) is 0 Å². The highest BCUT2D eigenvalue weighted by Crippen LogP contribution is 2.35. The first-order valence-electron chi connectivity index (χ1n) is 9.03. The van der Waals surface area contributed by atoms with E-state index in [1.807, 2.05) is 0 Å². The van der Waals surface area contributed by atoms with E-state index in [1.165, 1.54) is 64.6 Å². The Morgan fingerprint density at radius 1 is 1.15 bits per heavy atom. The van der Waals surface area contributed by atoms with E-state index in [1.54, 1.807) is 0 Å². The molecule has 2 unspecified atom stereocenters. The summed E-state index contributed by atoms with van der Waals surface area (Å²) in [6.07, 6.45) is 9.73. The molecule has 1 heterocycles.